The number of benzene rings is 1. The molecule has 0 spiro atoms. The molecule has 1 aromatic carbocycles. The van der Waals surface area contributed by atoms with Crippen LogP contribution in [0.2, 0.25) is 0 Å². The van der Waals surface area contributed by atoms with Gasteiger partial charge in [-0.25, -0.2) is 9.18 Å². The van der Waals surface area contributed by atoms with Crippen molar-refractivity contribution in [3.8, 4) is 0 Å². The molecule has 2 atom stereocenters. The molecule has 1 aliphatic carbocycles. The highest BCUT2D eigenvalue weighted by Crippen LogP contribution is 2.40. The van der Waals surface area contributed by atoms with Gasteiger partial charge < -0.3 is 19.9 Å². The molecule has 2 N–H and O–H groups in total. The highest BCUT2D eigenvalue weighted by Gasteiger charge is 2.32. The Hall–Kier alpha value is -2.57. The van der Waals surface area contributed by atoms with Gasteiger partial charge in [-0.2, -0.15) is 0 Å². The van der Waals surface area contributed by atoms with E-state index < -0.39 is 6.09 Å². The maximum Gasteiger partial charge on any atom is 0.404 e. The summed E-state index contributed by atoms with van der Waals surface area (Å²) in [5, 5.41) is 12.2. The van der Waals surface area contributed by atoms with Crippen molar-refractivity contribution in [2.75, 3.05) is 18.0 Å². The van der Waals surface area contributed by atoms with E-state index in [1.54, 1.807) is 6.07 Å². The molecular weight excluding hydrogens is 349 g/mol. The van der Waals surface area contributed by atoms with E-state index >= 15 is 0 Å². The molecule has 2 fully saturated rings. The third kappa shape index (κ3) is 3.15. The maximum absolute atomic E-state index is 15.0. The molecule has 4 rings (SSSR count). The van der Waals surface area contributed by atoms with Crippen LogP contribution in [0.5, 0.6) is 0 Å². The molecule has 2 aromatic rings. The Morgan fingerprint density at radius 2 is 2.07 bits per heavy atom. The second kappa shape index (κ2) is 6.55. The van der Waals surface area contributed by atoms with E-state index in [0.717, 1.165) is 35.7 Å². The number of carbonyl (C=O) groups is 1. The highest BCUT2D eigenvalue weighted by atomic mass is 19.1. The first kappa shape index (κ1) is 17.8. The zero-order chi connectivity index (χ0) is 19.3. The number of hydrogen-bond acceptors (Lipinski definition) is 3. The third-order valence-corrected chi connectivity index (χ3v) is 5.89. The summed E-state index contributed by atoms with van der Waals surface area (Å²) in [6, 6.07) is 4.75. The molecular formula is C20H24FN3O3. The molecule has 1 amide bonds. The molecule has 1 unspecified atom stereocenters. The summed E-state index contributed by atoms with van der Waals surface area (Å²) in [4.78, 5) is 25.3. The number of fused-ring (bicyclic) bond motifs is 1. The van der Waals surface area contributed by atoms with Gasteiger partial charge in [-0.3, -0.25) is 4.79 Å². The van der Waals surface area contributed by atoms with E-state index in [1.807, 2.05) is 23.3 Å². The molecule has 1 saturated carbocycles. The molecule has 1 aliphatic heterocycles. The van der Waals surface area contributed by atoms with Crippen LogP contribution in [0.15, 0.2) is 23.0 Å². The fourth-order valence-corrected chi connectivity index (χ4v) is 4.37. The number of nitrogens with one attached hydrogen (secondary N) is 1. The van der Waals surface area contributed by atoms with Gasteiger partial charge in [0.1, 0.15) is 5.82 Å². The van der Waals surface area contributed by atoms with Gasteiger partial charge >= 0.3 is 6.09 Å². The van der Waals surface area contributed by atoms with Gasteiger partial charge in [0.2, 0.25) is 0 Å². The molecule has 144 valence electrons. The van der Waals surface area contributed by atoms with Crippen LogP contribution in [0, 0.1) is 18.7 Å². The number of anilines is 1. The van der Waals surface area contributed by atoms with E-state index in [-0.39, 0.29) is 29.4 Å². The summed E-state index contributed by atoms with van der Waals surface area (Å²) < 4.78 is 16.8. The summed E-state index contributed by atoms with van der Waals surface area (Å²) >= 11 is 0. The Kier molecular flexibility index (Phi) is 4.32. The van der Waals surface area contributed by atoms with Crippen molar-refractivity contribution in [1.29, 1.82) is 0 Å². The molecule has 6 nitrogen and oxygen atoms in total. The average Bonchev–Trinajstić information content (AvgIpc) is 3.31. The fraction of sp³-hybridized carbons (Fsp3) is 0.500. The van der Waals surface area contributed by atoms with Crippen LogP contribution in [0.4, 0.5) is 14.9 Å². The minimum absolute atomic E-state index is 0.0377. The summed E-state index contributed by atoms with van der Waals surface area (Å²) in [5.41, 5.74) is 2.10. The highest BCUT2D eigenvalue weighted by molar-refractivity contribution is 5.88. The van der Waals surface area contributed by atoms with Crippen molar-refractivity contribution >= 4 is 22.7 Å². The molecule has 1 saturated heterocycles. The van der Waals surface area contributed by atoms with Crippen molar-refractivity contribution in [3.63, 3.8) is 0 Å². The summed E-state index contributed by atoms with van der Waals surface area (Å²) in [6.07, 6.45) is 1.72. The van der Waals surface area contributed by atoms with Crippen LogP contribution >= 0.6 is 0 Å². The van der Waals surface area contributed by atoms with Gasteiger partial charge in [0.25, 0.3) is 5.56 Å². The molecule has 2 aliphatic rings. The summed E-state index contributed by atoms with van der Waals surface area (Å²) in [6.45, 7) is 4.98. The molecule has 0 bridgehead atoms. The van der Waals surface area contributed by atoms with Gasteiger partial charge in [-0.1, -0.05) is 0 Å². The fourth-order valence-electron chi connectivity index (χ4n) is 4.37. The topological polar surface area (TPSA) is 74.6 Å². The van der Waals surface area contributed by atoms with Crippen molar-refractivity contribution < 1.29 is 14.3 Å². The molecule has 1 aromatic heterocycles. The van der Waals surface area contributed by atoms with Crippen LogP contribution in [-0.2, 0) is 0 Å². The number of pyridine rings is 1. The first-order valence-electron chi connectivity index (χ1n) is 9.45. The van der Waals surface area contributed by atoms with Crippen LogP contribution in [0.25, 0.3) is 10.9 Å². The van der Waals surface area contributed by atoms with E-state index in [2.05, 4.69) is 5.32 Å². The Morgan fingerprint density at radius 3 is 2.74 bits per heavy atom. The number of rotatable bonds is 4. The van der Waals surface area contributed by atoms with Crippen LogP contribution in [-0.4, -0.2) is 34.9 Å². The van der Waals surface area contributed by atoms with E-state index in [4.69, 9.17) is 5.11 Å². The number of hydrogen-bond donors (Lipinski definition) is 2. The van der Waals surface area contributed by atoms with Gasteiger partial charge in [0, 0.05) is 36.6 Å². The van der Waals surface area contributed by atoms with Crippen molar-refractivity contribution in [2.24, 2.45) is 5.92 Å². The number of halogens is 1. The zero-order valence-corrected chi connectivity index (χ0v) is 15.5. The smallest absolute Gasteiger partial charge is 0.404 e. The van der Waals surface area contributed by atoms with Crippen molar-refractivity contribution in [3.05, 3.63) is 39.9 Å². The van der Waals surface area contributed by atoms with E-state index in [9.17, 15) is 14.0 Å². The van der Waals surface area contributed by atoms with Crippen LogP contribution < -0.4 is 15.8 Å². The minimum Gasteiger partial charge on any atom is -0.465 e. The Bertz CT molecular complexity index is 967. The second-order valence-corrected chi connectivity index (χ2v) is 7.78. The number of nitrogens with zero attached hydrogens (tertiary/aromatic N) is 2. The lowest BCUT2D eigenvalue weighted by Crippen LogP contribution is -2.38. The first-order valence-corrected chi connectivity index (χ1v) is 9.45. The standard InChI is InChI=1S/C20H24FN3O3/c1-11-18-13(3-6-17(25)24(18)15-4-5-15)9-16(21)19(11)23-8-7-14(10-23)12(2)22-20(26)27/h3,6,9,12,14-15,22H,4-5,7-8,10H2,1-2H3,(H,26,27)/t12-,14?/m0/s1. The van der Waals surface area contributed by atoms with Crippen molar-refractivity contribution in [2.45, 2.75) is 45.2 Å². The molecule has 0 radical (unpaired) electrons. The second-order valence-electron chi connectivity index (χ2n) is 7.78. The lowest BCUT2D eigenvalue weighted by atomic mass is 10.0. The quantitative estimate of drug-likeness (QED) is 0.863. The monoisotopic (exact) mass is 373 g/mol. The lowest BCUT2D eigenvalue weighted by molar-refractivity contribution is 0.186. The number of aromatic nitrogens is 1. The predicted octanol–water partition coefficient (Wildman–Crippen LogP) is 3.27. The van der Waals surface area contributed by atoms with Gasteiger partial charge in [0.05, 0.1) is 11.2 Å². The van der Waals surface area contributed by atoms with Crippen LogP contribution in [0.1, 0.15) is 37.8 Å². The number of carboxylic acid groups (broad SMARTS) is 1. The normalized spacial score (nSPS) is 20.9. The minimum atomic E-state index is -1.04. The Labute approximate surface area is 156 Å². The average molecular weight is 373 g/mol. The third-order valence-electron chi connectivity index (χ3n) is 5.89. The number of aryl methyl sites for hydroxylation is 1. The van der Waals surface area contributed by atoms with Gasteiger partial charge in [0.15, 0.2) is 0 Å². The molecule has 7 heteroatoms. The zero-order valence-electron chi connectivity index (χ0n) is 15.5. The van der Waals surface area contributed by atoms with Crippen LogP contribution in [0.3, 0.4) is 0 Å². The Morgan fingerprint density at radius 1 is 1.33 bits per heavy atom. The largest absolute Gasteiger partial charge is 0.465 e. The molecule has 2 heterocycles. The molecule has 27 heavy (non-hydrogen) atoms. The maximum atomic E-state index is 15.0. The van der Waals surface area contributed by atoms with E-state index in [1.165, 1.54) is 12.1 Å². The van der Waals surface area contributed by atoms with Gasteiger partial charge in [-0.05, 0) is 56.7 Å². The Balaban J connectivity index is 1.73. The SMILES string of the molecule is Cc1c(N2CCC([C@H](C)NC(=O)O)C2)c(F)cc2ccc(=O)n(C3CC3)c12. The number of amides is 1. The predicted molar refractivity (Wildman–Crippen MR) is 102 cm³/mol. The van der Waals surface area contributed by atoms with E-state index in [0.29, 0.717) is 18.8 Å². The first-order chi connectivity index (χ1) is 12.9. The van der Waals surface area contributed by atoms with Crippen molar-refractivity contribution in [1.82, 2.24) is 9.88 Å². The summed E-state index contributed by atoms with van der Waals surface area (Å²) in [5.74, 6) is -0.169. The lowest BCUT2D eigenvalue weighted by Gasteiger charge is -2.25. The van der Waals surface area contributed by atoms with Gasteiger partial charge in [-0.15, -0.1) is 0 Å². The summed E-state index contributed by atoms with van der Waals surface area (Å²) in [7, 11) is 0.